The van der Waals surface area contributed by atoms with Crippen molar-refractivity contribution in [3.05, 3.63) is 24.3 Å². The number of ether oxygens (including phenoxy) is 2. The summed E-state index contributed by atoms with van der Waals surface area (Å²) in [5.41, 5.74) is 1.41. The molecular formula is C11H12O3. The monoisotopic (exact) mass is 192 g/mol. The van der Waals surface area contributed by atoms with Gasteiger partial charge >= 0.3 is 0 Å². The number of allylic oxidation sites excluding steroid dienone is 1. The predicted octanol–water partition coefficient (Wildman–Crippen LogP) is 2.20. The van der Waals surface area contributed by atoms with E-state index in [9.17, 15) is 5.11 Å². The van der Waals surface area contributed by atoms with Crippen LogP contribution in [0.2, 0.25) is 0 Å². The molecule has 1 aromatic carbocycles. The van der Waals surface area contributed by atoms with Crippen molar-refractivity contribution in [2.45, 2.75) is 6.92 Å². The fourth-order valence-corrected chi connectivity index (χ4v) is 1.52. The van der Waals surface area contributed by atoms with Crippen LogP contribution in [0.15, 0.2) is 18.7 Å². The lowest BCUT2D eigenvalue weighted by Gasteiger charge is -2.21. The molecule has 0 amide bonds. The summed E-state index contributed by atoms with van der Waals surface area (Å²) in [6.45, 7) is 6.69. The summed E-state index contributed by atoms with van der Waals surface area (Å²) in [6, 6.07) is 3.30. The van der Waals surface area contributed by atoms with Crippen molar-refractivity contribution in [2.75, 3.05) is 13.2 Å². The second-order valence-electron chi connectivity index (χ2n) is 3.26. The summed E-state index contributed by atoms with van der Waals surface area (Å²) in [6.07, 6.45) is 0. The molecule has 0 radical (unpaired) electrons. The Labute approximate surface area is 82.6 Å². The molecule has 0 unspecified atom stereocenters. The molecule has 0 aliphatic carbocycles. The number of rotatable bonds is 1. The number of fused-ring (bicyclic) bond motifs is 1. The van der Waals surface area contributed by atoms with Crippen LogP contribution in [0.4, 0.5) is 0 Å². The van der Waals surface area contributed by atoms with Crippen molar-refractivity contribution >= 4 is 5.57 Å². The van der Waals surface area contributed by atoms with Crippen LogP contribution in [-0.2, 0) is 0 Å². The van der Waals surface area contributed by atoms with E-state index in [1.165, 1.54) is 0 Å². The van der Waals surface area contributed by atoms with E-state index in [2.05, 4.69) is 6.58 Å². The highest BCUT2D eigenvalue weighted by Crippen LogP contribution is 2.41. The number of benzene rings is 1. The standard InChI is InChI=1S/C11H12O3/c1-7(2)10-8(12)3-4-9-11(10)14-6-5-13-9/h3-4,12H,1,5-6H2,2H3. The SMILES string of the molecule is C=C(C)c1c(O)ccc2c1OCCO2. The van der Waals surface area contributed by atoms with E-state index in [1.54, 1.807) is 12.1 Å². The van der Waals surface area contributed by atoms with Crippen LogP contribution in [0.1, 0.15) is 12.5 Å². The Bertz CT molecular complexity index is 382. The summed E-state index contributed by atoms with van der Waals surface area (Å²) in [7, 11) is 0. The van der Waals surface area contributed by atoms with Crippen molar-refractivity contribution < 1.29 is 14.6 Å². The fourth-order valence-electron chi connectivity index (χ4n) is 1.52. The Balaban J connectivity index is 2.60. The van der Waals surface area contributed by atoms with E-state index in [0.717, 1.165) is 5.57 Å². The molecular weight excluding hydrogens is 180 g/mol. The lowest BCUT2D eigenvalue weighted by atomic mass is 10.1. The van der Waals surface area contributed by atoms with Gasteiger partial charge in [0.2, 0.25) is 0 Å². The molecule has 1 aromatic rings. The third-order valence-electron chi connectivity index (χ3n) is 2.11. The van der Waals surface area contributed by atoms with Gasteiger partial charge in [-0.05, 0) is 24.6 Å². The van der Waals surface area contributed by atoms with Crippen LogP contribution in [0.25, 0.3) is 5.57 Å². The molecule has 0 saturated heterocycles. The average Bonchev–Trinajstić information content (AvgIpc) is 2.17. The van der Waals surface area contributed by atoms with Gasteiger partial charge in [-0.15, -0.1) is 0 Å². The molecule has 1 heterocycles. The van der Waals surface area contributed by atoms with Gasteiger partial charge in [-0.2, -0.15) is 0 Å². The number of hydrogen-bond donors (Lipinski definition) is 1. The van der Waals surface area contributed by atoms with Gasteiger partial charge in [0.05, 0.1) is 5.56 Å². The highest BCUT2D eigenvalue weighted by Gasteiger charge is 2.19. The van der Waals surface area contributed by atoms with Gasteiger partial charge in [-0.25, -0.2) is 0 Å². The maximum absolute atomic E-state index is 9.64. The van der Waals surface area contributed by atoms with Crippen LogP contribution in [0.3, 0.4) is 0 Å². The Kier molecular flexibility index (Phi) is 2.08. The maximum Gasteiger partial charge on any atom is 0.172 e. The Morgan fingerprint density at radius 2 is 2.07 bits per heavy atom. The van der Waals surface area contributed by atoms with Crippen molar-refractivity contribution in [3.63, 3.8) is 0 Å². The highest BCUT2D eigenvalue weighted by atomic mass is 16.6. The van der Waals surface area contributed by atoms with Crippen LogP contribution in [-0.4, -0.2) is 18.3 Å². The number of phenols is 1. The zero-order chi connectivity index (χ0) is 10.1. The van der Waals surface area contributed by atoms with E-state index in [4.69, 9.17) is 9.47 Å². The molecule has 0 atom stereocenters. The summed E-state index contributed by atoms with van der Waals surface area (Å²) in [5, 5.41) is 9.64. The van der Waals surface area contributed by atoms with Gasteiger partial charge in [0.15, 0.2) is 11.5 Å². The number of phenolic OH excluding ortho intramolecular Hbond substituents is 1. The normalized spacial score (nSPS) is 13.8. The van der Waals surface area contributed by atoms with Gasteiger partial charge in [0, 0.05) is 0 Å². The summed E-state index contributed by atoms with van der Waals surface area (Å²) < 4.78 is 10.8. The maximum atomic E-state index is 9.64. The smallest absolute Gasteiger partial charge is 0.172 e. The Morgan fingerprint density at radius 1 is 1.36 bits per heavy atom. The van der Waals surface area contributed by atoms with Crippen molar-refractivity contribution in [2.24, 2.45) is 0 Å². The minimum absolute atomic E-state index is 0.182. The van der Waals surface area contributed by atoms with Crippen molar-refractivity contribution in [1.29, 1.82) is 0 Å². The molecule has 0 aromatic heterocycles. The predicted molar refractivity (Wildman–Crippen MR) is 53.8 cm³/mol. The summed E-state index contributed by atoms with van der Waals surface area (Å²) in [4.78, 5) is 0. The van der Waals surface area contributed by atoms with Crippen molar-refractivity contribution in [3.8, 4) is 17.2 Å². The van der Waals surface area contributed by atoms with Gasteiger partial charge < -0.3 is 14.6 Å². The molecule has 0 bridgehead atoms. The molecule has 0 saturated carbocycles. The molecule has 3 nitrogen and oxygen atoms in total. The topological polar surface area (TPSA) is 38.7 Å². The quantitative estimate of drug-likeness (QED) is 0.741. The third kappa shape index (κ3) is 1.31. The first-order valence-corrected chi connectivity index (χ1v) is 4.47. The fraction of sp³-hybridized carbons (Fsp3) is 0.273. The van der Waals surface area contributed by atoms with Crippen molar-refractivity contribution in [1.82, 2.24) is 0 Å². The van der Waals surface area contributed by atoms with Crippen LogP contribution in [0, 0.1) is 0 Å². The zero-order valence-corrected chi connectivity index (χ0v) is 8.04. The lowest BCUT2D eigenvalue weighted by molar-refractivity contribution is 0.170. The van der Waals surface area contributed by atoms with Gasteiger partial charge in [-0.1, -0.05) is 6.58 Å². The van der Waals surface area contributed by atoms with E-state index in [1.807, 2.05) is 6.92 Å². The summed E-state index contributed by atoms with van der Waals surface area (Å²) >= 11 is 0. The summed E-state index contributed by atoms with van der Waals surface area (Å²) in [5.74, 6) is 1.46. The molecule has 14 heavy (non-hydrogen) atoms. The molecule has 1 aliphatic rings. The molecule has 2 rings (SSSR count). The van der Waals surface area contributed by atoms with Crippen LogP contribution >= 0.6 is 0 Å². The molecule has 3 heteroatoms. The van der Waals surface area contributed by atoms with Gasteiger partial charge in [0.1, 0.15) is 19.0 Å². The highest BCUT2D eigenvalue weighted by molar-refractivity contribution is 5.75. The molecule has 0 fully saturated rings. The second-order valence-corrected chi connectivity index (χ2v) is 3.26. The minimum Gasteiger partial charge on any atom is -0.507 e. The van der Waals surface area contributed by atoms with Gasteiger partial charge in [-0.3, -0.25) is 0 Å². The third-order valence-corrected chi connectivity index (χ3v) is 2.11. The minimum atomic E-state index is 0.182. The largest absolute Gasteiger partial charge is 0.507 e. The zero-order valence-electron chi connectivity index (χ0n) is 8.04. The van der Waals surface area contributed by atoms with E-state index >= 15 is 0 Å². The van der Waals surface area contributed by atoms with Crippen LogP contribution < -0.4 is 9.47 Å². The Morgan fingerprint density at radius 3 is 2.79 bits per heavy atom. The second kappa shape index (κ2) is 3.25. The first kappa shape index (κ1) is 8.94. The van der Waals surface area contributed by atoms with Crippen LogP contribution in [0.5, 0.6) is 17.2 Å². The first-order chi connectivity index (χ1) is 6.70. The molecule has 1 N–H and O–H groups in total. The van der Waals surface area contributed by atoms with E-state index in [0.29, 0.717) is 30.3 Å². The first-order valence-electron chi connectivity index (χ1n) is 4.47. The van der Waals surface area contributed by atoms with Gasteiger partial charge in [0.25, 0.3) is 0 Å². The lowest BCUT2D eigenvalue weighted by Crippen LogP contribution is -2.16. The molecule has 74 valence electrons. The molecule has 1 aliphatic heterocycles. The Hall–Kier alpha value is -1.64. The number of hydrogen-bond acceptors (Lipinski definition) is 3. The van der Waals surface area contributed by atoms with E-state index < -0.39 is 0 Å². The molecule has 0 spiro atoms. The van der Waals surface area contributed by atoms with E-state index in [-0.39, 0.29) is 5.75 Å². The number of aromatic hydroxyl groups is 1. The average molecular weight is 192 g/mol.